The van der Waals surface area contributed by atoms with Crippen molar-refractivity contribution in [3.63, 3.8) is 0 Å². The molecule has 0 bridgehead atoms. The third kappa shape index (κ3) is 7.30. The molecule has 0 aromatic carbocycles. The maximum atomic E-state index is 6.06. The van der Waals surface area contributed by atoms with E-state index in [2.05, 4.69) is 29.3 Å². The SMILES string of the molecule is CC[C@@H](N)CCN(CCCCc1ccc2c(n1)NCCC2)CCOC. The first-order valence-electron chi connectivity index (χ1n) is 9.92. The van der Waals surface area contributed by atoms with Crippen LogP contribution in [0, 0.1) is 0 Å². The Balaban J connectivity index is 1.71. The topological polar surface area (TPSA) is 63.4 Å². The molecule has 3 N–H and O–H groups in total. The fourth-order valence-electron chi connectivity index (χ4n) is 3.26. The van der Waals surface area contributed by atoms with E-state index in [1.54, 1.807) is 7.11 Å². The largest absolute Gasteiger partial charge is 0.383 e. The van der Waals surface area contributed by atoms with E-state index in [0.29, 0.717) is 6.04 Å². The normalized spacial score (nSPS) is 15.0. The van der Waals surface area contributed by atoms with Gasteiger partial charge in [0.15, 0.2) is 0 Å². The maximum Gasteiger partial charge on any atom is 0.129 e. The third-order valence-corrected chi connectivity index (χ3v) is 5.06. The molecule has 1 aliphatic heterocycles. The first-order chi connectivity index (χ1) is 12.2. The van der Waals surface area contributed by atoms with Crippen molar-refractivity contribution in [1.29, 1.82) is 0 Å². The molecule has 0 saturated heterocycles. The van der Waals surface area contributed by atoms with Crippen molar-refractivity contribution < 1.29 is 4.74 Å². The van der Waals surface area contributed by atoms with E-state index in [1.165, 1.54) is 30.5 Å². The summed E-state index contributed by atoms with van der Waals surface area (Å²) in [7, 11) is 1.77. The Hall–Kier alpha value is -1.17. The number of fused-ring (bicyclic) bond motifs is 1. The van der Waals surface area contributed by atoms with E-state index in [1.807, 2.05) is 0 Å². The van der Waals surface area contributed by atoms with Crippen LogP contribution in [-0.2, 0) is 17.6 Å². The summed E-state index contributed by atoms with van der Waals surface area (Å²) in [5.74, 6) is 1.11. The molecular formula is C20H36N4O. The second-order valence-corrected chi connectivity index (χ2v) is 7.09. The van der Waals surface area contributed by atoms with Crippen LogP contribution >= 0.6 is 0 Å². The van der Waals surface area contributed by atoms with Crippen molar-refractivity contribution in [2.75, 3.05) is 45.2 Å². The van der Waals surface area contributed by atoms with Gasteiger partial charge in [0, 0.05) is 31.9 Å². The molecule has 2 heterocycles. The van der Waals surface area contributed by atoms with Gasteiger partial charge in [-0.15, -0.1) is 0 Å². The fraction of sp³-hybridized carbons (Fsp3) is 0.750. The van der Waals surface area contributed by atoms with Crippen LogP contribution in [0.1, 0.15) is 50.3 Å². The number of aryl methyl sites for hydroxylation is 2. The lowest BCUT2D eigenvalue weighted by Gasteiger charge is -2.23. The van der Waals surface area contributed by atoms with Gasteiger partial charge < -0.3 is 20.7 Å². The highest BCUT2D eigenvalue weighted by atomic mass is 16.5. The summed E-state index contributed by atoms with van der Waals surface area (Å²) in [4.78, 5) is 7.28. The van der Waals surface area contributed by atoms with Gasteiger partial charge in [-0.05, 0) is 69.7 Å². The van der Waals surface area contributed by atoms with Crippen LogP contribution in [0.15, 0.2) is 12.1 Å². The first kappa shape index (κ1) is 20.1. The van der Waals surface area contributed by atoms with E-state index < -0.39 is 0 Å². The molecule has 1 atom stereocenters. The first-order valence-corrected chi connectivity index (χ1v) is 9.92. The summed E-state index contributed by atoms with van der Waals surface area (Å²) in [6, 6.07) is 4.77. The zero-order chi connectivity index (χ0) is 17.9. The van der Waals surface area contributed by atoms with Gasteiger partial charge in [-0.3, -0.25) is 0 Å². The van der Waals surface area contributed by atoms with Gasteiger partial charge in [0.2, 0.25) is 0 Å². The zero-order valence-corrected chi connectivity index (χ0v) is 16.1. The molecule has 0 amide bonds. The molecule has 0 saturated carbocycles. The number of ether oxygens (including phenoxy) is 1. The molecule has 5 heteroatoms. The smallest absolute Gasteiger partial charge is 0.129 e. The Bertz CT molecular complexity index is 495. The van der Waals surface area contributed by atoms with Gasteiger partial charge in [0.25, 0.3) is 0 Å². The average molecular weight is 349 g/mol. The van der Waals surface area contributed by atoms with Crippen LogP contribution in [-0.4, -0.2) is 55.8 Å². The highest BCUT2D eigenvalue weighted by Crippen LogP contribution is 2.20. The molecule has 142 valence electrons. The number of anilines is 1. The lowest BCUT2D eigenvalue weighted by molar-refractivity contribution is 0.144. The van der Waals surface area contributed by atoms with Crippen LogP contribution < -0.4 is 11.1 Å². The number of hydrogen-bond donors (Lipinski definition) is 2. The lowest BCUT2D eigenvalue weighted by atomic mass is 10.1. The highest BCUT2D eigenvalue weighted by Gasteiger charge is 2.11. The number of hydrogen-bond acceptors (Lipinski definition) is 5. The Morgan fingerprint density at radius 3 is 2.96 bits per heavy atom. The summed E-state index contributed by atoms with van der Waals surface area (Å²) in [5.41, 5.74) is 8.65. The highest BCUT2D eigenvalue weighted by molar-refractivity contribution is 5.46. The van der Waals surface area contributed by atoms with Crippen LogP contribution in [0.25, 0.3) is 0 Å². The molecule has 0 spiro atoms. The van der Waals surface area contributed by atoms with Gasteiger partial charge in [0.05, 0.1) is 6.61 Å². The number of nitrogens with zero attached hydrogens (tertiary/aromatic N) is 2. The number of nitrogens with one attached hydrogen (secondary N) is 1. The van der Waals surface area contributed by atoms with Crippen LogP contribution in [0.2, 0.25) is 0 Å². The standard InChI is InChI=1S/C20H36N4O/c1-3-18(21)11-14-24(15-16-25-2)13-5-4-8-19-10-9-17-7-6-12-22-20(17)23-19/h9-10,18H,3-8,11-16,21H2,1-2H3,(H,22,23)/t18-/m1/s1. The molecule has 0 radical (unpaired) electrons. The fourth-order valence-corrected chi connectivity index (χ4v) is 3.26. The molecule has 0 aliphatic carbocycles. The molecular weight excluding hydrogens is 312 g/mol. The summed E-state index contributed by atoms with van der Waals surface area (Å²) < 4.78 is 5.24. The van der Waals surface area contributed by atoms with Gasteiger partial charge in [-0.1, -0.05) is 13.0 Å². The number of unbranched alkanes of at least 4 members (excludes halogenated alkanes) is 1. The summed E-state index contributed by atoms with van der Waals surface area (Å²) in [5, 5.41) is 3.42. The molecule has 2 rings (SSSR count). The van der Waals surface area contributed by atoms with Gasteiger partial charge in [-0.25, -0.2) is 4.98 Å². The third-order valence-electron chi connectivity index (χ3n) is 5.06. The van der Waals surface area contributed by atoms with Crippen molar-refractivity contribution in [1.82, 2.24) is 9.88 Å². The Kier molecular flexibility index (Phi) is 9.22. The van der Waals surface area contributed by atoms with Gasteiger partial charge >= 0.3 is 0 Å². The Morgan fingerprint density at radius 2 is 2.16 bits per heavy atom. The summed E-state index contributed by atoms with van der Waals surface area (Å²) >= 11 is 0. The van der Waals surface area contributed by atoms with E-state index in [9.17, 15) is 0 Å². The van der Waals surface area contributed by atoms with Gasteiger partial charge in [0.1, 0.15) is 5.82 Å². The number of aromatic nitrogens is 1. The van der Waals surface area contributed by atoms with Crippen molar-refractivity contribution >= 4 is 5.82 Å². The quantitative estimate of drug-likeness (QED) is 0.569. The molecule has 1 aromatic rings. The molecule has 1 aliphatic rings. The van der Waals surface area contributed by atoms with E-state index in [0.717, 1.165) is 64.3 Å². The number of nitrogens with two attached hydrogens (primary N) is 1. The predicted octanol–water partition coefficient (Wildman–Crippen LogP) is 2.84. The maximum absolute atomic E-state index is 6.06. The lowest BCUT2D eigenvalue weighted by Crippen LogP contribution is -2.33. The molecule has 0 unspecified atom stereocenters. The number of pyridine rings is 1. The Labute approximate surface area is 153 Å². The van der Waals surface area contributed by atoms with E-state index in [4.69, 9.17) is 15.5 Å². The second-order valence-electron chi connectivity index (χ2n) is 7.09. The van der Waals surface area contributed by atoms with Gasteiger partial charge in [-0.2, -0.15) is 0 Å². The predicted molar refractivity (Wildman–Crippen MR) is 105 cm³/mol. The summed E-state index contributed by atoms with van der Waals surface area (Å²) in [6.45, 7) is 7.18. The number of methoxy groups -OCH3 is 1. The van der Waals surface area contributed by atoms with Crippen molar-refractivity contribution in [2.24, 2.45) is 5.73 Å². The van der Waals surface area contributed by atoms with E-state index >= 15 is 0 Å². The van der Waals surface area contributed by atoms with Crippen LogP contribution in [0.4, 0.5) is 5.82 Å². The minimum atomic E-state index is 0.317. The molecule has 1 aromatic heterocycles. The zero-order valence-electron chi connectivity index (χ0n) is 16.1. The molecule has 25 heavy (non-hydrogen) atoms. The number of rotatable bonds is 12. The average Bonchev–Trinajstić information content (AvgIpc) is 2.66. The van der Waals surface area contributed by atoms with Crippen molar-refractivity contribution in [3.05, 3.63) is 23.4 Å². The minimum Gasteiger partial charge on any atom is -0.383 e. The monoisotopic (exact) mass is 348 g/mol. The minimum absolute atomic E-state index is 0.317. The van der Waals surface area contributed by atoms with Crippen LogP contribution in [0.3, 0.4) is 0 Å². The second kappa shape index (κ2) is 11.4. The van der Waals surface area contributed by atoms with Crippen molar-refractivity contribution in [3.8, 4) is 0 Å². The molecule has 5 nitrogen and oxygen atoms in total. The molecule has 0 fully saturated rings. The van der Waals surface area contributed by atoms with E-state index in [-0.39, 0.29) is 0 Å². The van der Waals surface area contributed by atoms with Crippen LogP contribution in [0.5, 0.6) is 0 Å². The van der Waals surface area contributed by atoms with Crippen molar-refractivity contribution in [2.45, 2.75) is 57.9 Å². The Morgan fingerprint density at radius 1 is 1.28 bits per heavy atom. The summed E-state index contributed by atoms with van der Waals surface area (Å²) in [6.07, 6.45) is 7.92.